The topological polar surface area (TPSA) is 125 Å². The first kappa shape index (κ1) is 23.7. The first-order valence-electron chi connectivity index (χ1n) is 11.3. The number of anilines is 1. The van der Waals surface area contributed by atoms with Crippen molar-refractivity contribution in [3.8, 4) is 11.3 Å². The highest BCUT2D eigenvalue weighted by Gasteiger charge is 2.22. The smallest absolute Gasteiger partial charge is 0.315 e. The number of H-pyrrole nitrogens is 2. The summed E-state index contributed by atoms with van der Waals surface area (Å²) in [6, 6.07) is 22.1. The van der Waals surface area contributed by atoms with Crippen LogP contribution in [0, 0.1) is 0 Å². The number of nitrogens with zero attached hydrogens (tertiary/aromatic N) is 2. The summed E-state index contributed by atoms with van der Waals surface area (Å²) < 4.78 is 0. The van der Waals surface area contributed by atoms with Crippen molar-refractivity contribution < 1.29 is 4.79 Å². The van der Waals surface area contributed by atoms with Gasteiger partial charge in [-0.25, -0.2) is 9.78 Å². The molecule has 2 amide bonds. The summed E-state index contributed by atoms with van der Waals surface area (Å²) in [5, 5.41) is 14.7. The Bertz CT molecular complexity index is 1510. The van der Waals surface area contributed by atoms with E-state index < -0.39 is 6.04 Å². The average Bonchev–Trinajstić information content (AvgIpc) is 3.45. The fourth-order valence-electron chi connectivity index (χ4n) is 4.02. The van der Waals surface area contributed by atoms with Gasteiger partial charge in [0.2, 0.25) is 0 Å². The molecule has 2 heterocycles. The number of rotatable bonds is 7. The van der Waals surface area contributed by atoms with E-state index >= 15 is 0 Å². The minimum absolute atomic E-state index is 0.334. The Hall–Kier alpha value is -4.01. The van der Waals surface area contributed by atoms with E-state index in [1.807, 2.05) is 66.7 Å². The third-order valence-electron chi connectivity index (χ3n) is 5.80. The van der Waals surface area contributed by atoms with Crippen molar-refractivity contribution in [1.29, 1.82) is 0 Å². The van der Waals surface area contributed by atoms with Crippen LogP contribution in [0.1, 0.15) is 23.0 Å². The molecule has 182 valence electrons. The van der Waals surface area contributed by atoms with E-state index in [1.54, 1.807) is 6.07 Å². The van der Waals surface area contributed by atoms with Gasteiger partial charge in [-0.3, -0.25) is 5.10 Å². The lowest BCUT2D eigenvalue weighted by molar-refractivity contribution is 0.236. The average molecular weight is 520 g/mol. The molecule has 0 saturated heterocycles. The SMILES string of the molecule is Nc1n[nH]c2cc(-c3nc([C@H](Cc4ccccc4)NC(=O)NCc4cccc(Cl)c4)[nH]c3Cl)ccc12. The Kier molecular flexibility index (Phi) is 6.79. The number of aromatic nitrogens is 4. The lowest BCUT2D eigenvalue weighted by Crippen LogP contribution is -2.38. The Morgan fingerprint density at radius 2 is 1.81 bits per heavy atom. The van der Waals surface area contributed by atoms with Crippen LogP contribution in [-0.4, -0.2) is 26.2 Å². The highest BCUT2D eigenvalue weighted by atomic mass is 35.5. The van der Waals surface area contributed by atoms with E-state index in [2.05, 4.69) is 25.8 Å². The molecule has 0 aliphatic heterocycles. The van der Waals surface area contributed by atoms with Gasteiger partial charge in [0.25, 0.3) is 0 Å². The molecule has 0 spiro atoms. The maximum atomic E-state index is 12.8. The Labute approximate surface area is 217 Å². The molecule has 6 N–H and O–H groups in total. The fraction of sp³-hybridized carbons (Fsp3) is 0.115. The zero-order valence-electron chi connectivity index (χ0n) is 19.1. The van der Waals surface area contributed by atoms with E-state index in [0.29, 0.717) is 40.5 Å². The number of aromatic amines is 2. The minimum Gasteiger partial charge on any atom is -0.382 e. The number of carbonyl (C=O) groups excluding carboxylic acids is 1. The van der Waals surface area contributed by atoms with Gasteiger partial charge in [-0.05, 0) is 41.8 Å². The van der Waals surface area contributed by atoms with Crippen LogP contribution >= 0.6 is 23.2 Å². The predicted octanol–water partition coefficient (Wildman–Crippen LogP) is 5.63. The summed E-state index contributed by atoms with van der Waals surface area (Å²) in [5.41, 5.74) is 9.97. The quantitative estimate of drug-likeness (QED) is 0.191. The molecule has 0 bridgehead atoms. The van der Waals surface area contributed by atoms with E-state index in [4.69, 9.17) is 33.9 Å². The molecule has 0 unspecified atom stereocenters. The summed E-state index contributed by atoms with van der Waals surface area (Å²) >= 11 is 12.6. The predicted molar refractivity (Wildman–Crippen MR) is 143 cm³/mol. The molecule has 0 aliphatic carbocycles. The van der Waals surface area contributed by atoms with Crippen molar-refractivity contribution in [1.82, 2.24) is 30.8 Å². The number of carbonyl (C=O) groups is 1. The first-order valence-corrected chi connectivity index (χ1v) is 12.0. The number of amides is 2. The van der Waals surface area contributed by atoms with Crippen molar-refractivity contribution in [2.45, 2.75) is 19.0 Å². The van der Waals surface area contributed by atoms with Crippen LogP contribution in [0.25, 0.3) is 22.2 Å². The van der Waals surface area contributed by atoms with Gasteiger partial charge in [0.15, 0.2) is 5.82 Å². The third-order valence-corrected chi connectivity index (χ3v) is 6.31. The molecule has 5 rings (SSSR count). The summed E-state index contributed by atoms with van der Waals surface area (Å²) in [5.74, 6) is 0.974. The number of fused-ring (bicyclic) bond motifs is 1. The Morgan fingerprint density at radius 1 is 1.00 bits per heavy atom. The lowest BCUT2D eigenvalue weighted by atomic mass is 10.1. The van der Waals surface area contributed by atoms with Crippen molar-refractivity contribution in [2.24, 2.45) is 0 Å². The van der Waals surface area contributed by atoms with Gasteiger partial charge in [-0.2, -0.15) is 5.10 Å². The minimum atomic E-state index is -0.454. The molecule has 2 aromatic heterocycles. The number of urea groups is 1. The van der Waals surface area contributed by atoms with E-state index in [1.165, 1.54) is 0 Å². The van der Waals surface area contributed by atoms with Crippen molar-refractivity contribution in [3.05, 3.63) is 99.9 Å². The summed E-state index contributed by atoms with van der Waals surface area (Å²) in [6.07, 6.45) is 0.519. The van der Waals surface area contributed by atoms with Gasteiger partial charge in [0, 0.05) is 22.5 Å². The number of hydrogen-bond acceptors (Lipinski definition) is 4. The second kappa shape index (κ2) is 10.3. The number of nitrogens with one attached hydrogen (secondary N) is 4. The van der Waals surface area contributed by atoms with Crippen LogP contribution in [0.2, 0.25) is 10.2 Å². The van der Waals surface area contributed by atoms with Gasteiger partial charge in [0.05, 0.1) is 11.6 Å². The van der Waals surface area contributed by atoms with Crippen molar-refractivity contribution in [3.63, 3.8) is 0 Å². The van der Waals surface area contributed by atoms with Crippen LogP contribution in [0.3, 0.4) is 0 Å². The Balaban J connectivity index is 1.39. The highest BCUT2D eigenvalue weighted by Crippen LogP contribution is 2.31. The monoisotopic (exact) mass is 519 g/mol. The standard InChI is InChI=1S/C26H23Cl2N7O/c27-18-8-4-7-16(11-18)14-30-26(36)31-21(12-15-5-2-1-3-6-15)25-32-22(23(28)33-25)17-9-10-19-20(13-17)34-35-24(19)29/h1-11,13,21H,12,14H2,(H,32,33)(H3,29,34,35)(H2,30,31,36)/t21-/m0/s1. The molecule has 0 saturated carbocycles. The van der Waals surface area contributed by atoms with Gasteiger partial charge in [-0.1, -0.05) is 71.7 Å². The molecule has 0 fully saturated rings. The van der Waals surface area contributed by atoms with Gasteiger partial charge < -0.3 is 21.4 Å². The van der Waals surface area contributed by atoms with Gasteiger partial charge >= 0.3 is 6.03 Å². The molecule has 36 heavy (non-hydrogen) atoms. The maximum absolute atomic E-state index is 12.8. The first-order chi connectivity index (χ1) is 17.5. The summed E-state index contributed by atoms with van der Waals surface area (Å²) in [4.78, 5) is 20.7. The third kappa shape index (κ3) is 5.30. The van der Waals surface area contributed by atoms with Gasteiger partial charge in [-0.15, -0.1) is 0 Å². The fourth-order valence-corrected chi connectivity index (χ4v) is 4.48. The van der Waals surface area contributed by atoms with Gasteiger partial charge in [0.1, 0.15) is 16.7 Å². The molecule has 1 atom stereocenters. The number of halogens is 2. The second-order valence-corrected chi connectivity index (χ2v) is 9.17. The second-order valence-electron chi connectivity index (χ2n) is 8.35. The zero-order chi connectivity index (χ0) is 25.1. The van der Waals surface area contributed by atoms with E-state index in [-0.39, 0.29) is 6.03 Å². The number of benzene rings is 3. The number of nitrogens with two attached hydrogens (primary N) is 1. The van der Waals surface area contributed by atoms with Crippen LogP contribution in [0.5, 0.6) is 0 Å². The highest BCUT2D eigenvalue weighted by molar-refractivity contribution is 6.32. The number of imidazole rings is 1. The molecule has 0 radical (unpaired) electrons. The van der Waals surface area contributed by atoms with Crippen LogP contribution in [-0.2, 0) is 13.0 Å². The maximum Gasteiger partial charge on any atom is 0.315 e. The lowest BCUT2D eigenvalue weighted by Gasteiger charge is -2.17. The normalized spacial score (nSPS) is 11.9. The molecule has 8 nitrogen and oxygen atoms in total. The van der Waals surface area contributed by atoms with Crippen LogP contribution in [0.15, 0.2) is 72.8 Å². The molecule has 5 aromatic rings. The zero-order valence-corrected chi connectivity index (χ0v) is 20.6. The van der Waals surface area contributed by atoms with Crippen molar-refractivity contribution >= 4 is 46.0 Å². The van der Waals surface area contributed by atoms with Crippen molar-refractivity contribution in [2.75, 3.05) is 5.73 Å². The molecular weight excluding hydrogens is 497 g/mol. The number of hydrogen-bond donors (Lipinski definition) is 5. The van der Waals surface area contributed by atoms with Crippen LogP contribution in [0.4, 0.5) is 10.6 Å². The molecular formula is C26H23Cl2N7O. The van der Waals surface area contributed by atoms with E-state index in [9.17, 15) is 4.79 Å². The number of nitrogen functional groups attached to an aromatic ring is 1. The van der Waals surface area contributed by atoms with Crippen LogP contribution < -0.4 is 16.4 Å². The summed E-state index contributed by atoms with van der Waals surface area (Å²) in [6.45, 7) is 0.335. The molecule has 10 heteroatoms. The molecule has 0 aliphatic rings. The summed E-state index contributed by atoms with van der Waals surface area (Å²) in [7, 11) is 0. The largest absolute Gasteiger partial charge is 0.382 e. The van der Waals surface area contributed by atoms with E-state index in [0.717, 1.165) is 27.6 Å². The molecule has 3 aromatic carbocycles. The Morgan fingerprint density at radius 3 is 2.61 bits per heavy atom.